The standard InChI is InChI=1S/C14H21NO/c1-3-13(12-8-9-15-10-12)16-14-7-5-4-6-11(14)2/h4-7,12-13,15H,3,8-10H2,1-2H3/t12?,13-/m0/s1. The van der Waals surface area contributed by atoms with E-state index in [0.29, 0.717) is 12.0 Å². The molecule has 0 aliphatic carbocycles. The molecule has 1 N–H and O–H groups in total. The number of aryl methyl sites for hydroxylation is 1. The highest BCUT2D eigenvalue weighted by Crippen LogP contribution is 2.24. The molecule has 2 atom stereocenters. The first-order chi connectivity index (χ1) is 7.81. The van der Waals surface area contributed by atoms with Crippen molar-refractivity contribution in [2.45, 2.75) is 32.8 Å². The van der Waals surface area contributed by atoms with Crippen LogP contribution < -0.4 is 10.1 Å². The SMILES string of the molecule is CC[C@H](Oc1ccccc1C)C1CCNC1. The molecular weight excluding hydrogens is 198 g/mol. The van der Waals surface area contributed by atoms with Crippen LogP contribution in [0.3, 0.4) is 0 Å². The summed E-state index contributed by atoms with van der Waals surface area (Å²) in [5.74, 6) is 1.71. The summed E-state index contributed by atoms with van der Waals surface area (Å²) in [4.78, 5) is 0. The van der Waals surface area contributed by atoms with Crippen LogP contribution in [0.25, 0.3) is 0 Å². The van der Waals surface area contributed by atoms with Gasteiger partial charge in [0.1, 0.15) is 11.9 Å². The summed E-state index contributed by atoms with van der Waals surface area (Å²) < 4.78 is 6.14. The molecule has 0 spiro atoms. The van der Waals surface area contributed by atoms with Crippen LogP contribution in [0.4, 0.5) is 0 Å². The number of hydrogen-bond donors (Lipinski definition) is 1. The molecule has 2 heteroatoms. The first-order valence-corrected chi connectivity index (χ1v) is 6.24. The summed E-state index contributed by atoms with van der Waals surface area (Å²) in [6.45, 7) is 6.55. The topological polar surface area (TPSA) is 21.3 Å². The maximum Gasteiger partial charge on any atom is 0.122 e. The van der Waals surface area contributed by atoms with Crippen LogP contribution >= 0.6 is 0 Å². The van der Waals surface area contributed by atoms with Crippen molar-refractivity contribution in [3.05, 3.63) is 29.8 Å². The Morgan fingerprint density at radius 2 is 2.25 bits per heavy atom. The van der Waals surface area contributed by atoms with Gasteiger partial charge in [0, 0.05) is 12.5 Å². The van der Waals surface area contributed by atoms with E-state index in [1.54, 1.807) is 0 Å². The molecule has 1 unspecified atom stereocenters. The zero-order chi connectivity index (χ0) is 11.4. The summed E-state index contributed by atoms with van der Waals surface area (Å²) in [5.41, 5.74) is 1.23. The average molecular weight is 219 g/mol. The van der Waals surface area contributed by atoms with E-state index >= 15 is 0 Å². The van der Waals surface area contributed by atoms with Crippen molar-refractivity contribution >= 4 is 0 Å². The fourth-order valence-corrected chi connectivity index (χ4v) is 2.36. The van der Waals surface area contributed by atoms with Gasteiger partial charge in [-0.1, -0.05) is 25.1 Å². The van der Waals surface area contributed by atoms with Gasteiger partial charge in [0.25, 0.3) is 0 Å². The van der Waals surface area contributed by atoms with Crippen LogP contribution in [0, 0.1) is 12.8 Å². The number of rotatable bonds is 4. The van der Waals surface area contributed by atoms with E-state index in [0.717, 1.165) is 25.3 Å². The molecule has 1 aromatic carbocycles. The molecule has 1 aliphatic heterocycles. The van der Waals surface area contributed by atoms with Crippen LogP contribution in [0.1, 0.15) is 25.3 Å². The second-order valence-corrected chi connectivity index (χ2v) is 4.58. The van der Waals surface area contributed by atoms with E-state index in [1.807, 2.05) is 6.07 Å². The van der Waals surface area contributed by atoms with E-state index in [4.69, 9.17) is 4.74 Å². The first kappa shape index (κ1) is 11.5. The van der Waals surface area contributed by atoms with Gasteiger partial charge in [0.15, 0.2) is 0 Å². The van der Waals surface area contributed by atoms with Crippen LogP contribution in [0.15, 0.2) is 24.3 Å². The van der Waals surface area contributed by atoms with Gasteiger partial charge < -0.3 is 10.1 Å². The molecule has 2 nitrogen and oxygen atoms in total. The Hall–Kier alpha value is -1.02. The van der Waals surface area contributed by atoms with E-state index in [9.17, 15) is 0 Å². The van der Waals surface area contributed by atoms with Crippen molar-refractivity contribution < 1.29 is 4.74 Å². The zero-order valence-electron chi connectivity index (χ0n) is 10.2. The fourth-order valence-electron chi connectivity index (χ4n) is 2.36. The number of nitrogens with one attached hydrogen (secondary N) is 1. The third-order valence-corrected chi connectivity index (χ3v) is 3.40. The lowest BCUT2D eigenvalue weighted by atomic mass is 9.99. The maximum atomic E-state index is 6.14. The third kappa shape index (κ3) is 2.56. The fraction of sp³-hybridized carbons (Fsp3) is 0.571. The van der Waals surface area contributed by atoms with E-state index < -0.39 is 0 Å². The van der Waals surface area contributed by atoms with Crippen LogP contribution in [0.5, 0.6) is 5.75 Å². The van der Waals surface area contributed by atoms with Crippen molar-refractivity contribution in [2.75, 3.05) is 13.1 Å². The molecular formula is C14H21NO. The molecule has 2 rings (SSSR count). The number of para-hydroxylation sites is 1. The summed E-state index contributed by atoms with van der Waals surface area (Å²) >= 11 is 0. The smallest absolute Gasteiger partial charge is 0.122 e. The Bertz CT molecular complexity index is 331. The van der Waals surface area contributed by atoms with Crippen LogP contribution in [0.2, 0.25) is 0 Å². The molecule has 0 radical (unpaired) electrons. The number of hydrogen-bond acceptors (Lipinski definition) is 2. The van der Waals surface area contributed by atoms with Gasteiger partial charge in [-0.2, -0.15) is 0 Å². The predicted molar refractivity (Wildman–Crippen MR) is 66.9 cm³/mol. The predicted octanol–water partition coefficient (Wildman–Crippen LogP) is 2.76. The number of ether oxygens (including phenoxy) is 1. The van der Waals surface area contributed by atoms with Gasteiger partial charge in [-0.15, -0.1) is 0 Å². The molecule has 0 amide bonds. The Morgan fingerprint density at radius 1 is 1.44 bits per heavy atom. The summed E-state index contributed by atoms with van der Waals surface area (Å²) in [6, 6.07) is 8.28. The molecule has 16 heavy (non-hydrogen) atoms. The first-order valence-electron chi connectivity index (χ1n) is 6.24. The summed E-state index contributed by atoms with van der Waals surface area (Å²) in [5, 5.41) is 3.41. The van der Waals surface area contributed by atoms with Gasteiger partial charge in [0.05, 0.1) is 0 Å². The van der Waals surface area contributed by atoms with Gasteiger partial charge in [-0.05, 0) is 37.9 Å². The molecule has 0 aromatic heterocycles. The van der Waals surface area contributed by atoms with E-state index in [-0.39, 0.29) is 0 Å². The molecule has 1 aliphatic rings. The van der Waals surface area contributed by atoms with E-state index in [2.05, 4.69) is 37.4 Å². The van der Waals surface area contributed by atoms with Crippen molar-refractivity contribution in [3.63, 3.8) is 0 Å². The maximum absolute atomic E-state index is 6.14. The van der Waals surface area contributed by atoms with Crippen LogP contribution in [-0.4, -0.2) is 19.2 Å². The Morgan fingerprint density at radius 3 is 2.88 bits per heavy atom. The third-order valence-electron chi connectivity index (χ3n) is 3.40. The highest BCUT2D eigenvalue weighted by Gasteiger charge is 2.25. The molecule has 1 heterocycles. The summed E-state index contributed by atoms with van der Waals surface area (Å²) in [7, 11) is 0. The van der Waals surface area contributed by atoms with Gasteiger partial charge >= 0.3 is 0 Å². The minimum atomic E-state index is 0.358. The molecule has 1 aromatic rings. The second-order valence-electron chi connectivity index (χ2n) is 4.58. The lowest BCUT2D eigenvalue weighted by Gasteiger charge is -2.24. The monoisotopic (exact) mass is 219 g/mol. The minimum absolute atomic E-state index is 0.358. The van der Waals surface area contributed by atoms with Crippen molar-refractivity contribution in [3.8, 4) is 5.75 Å². The average Bonchev–Trinajstić information content (AvgIpc) is 2.81. The Kier molecular flexibility index (Phi) is 3.83. The van der Waals surface area contributed by atoms with Gasteiger partial charge in [-0.25, -0.2) is 0 Å². The second kappa shape index (κ2) is 5.35. The van der Waals surface area contributed by atoms with Crippen LogP contribution in [-0.2, 0) is 0 Å². The van der Waals surface area contributed by atoms with Gasteiger partial charge in [0.2, 0.25) is 0 Å². The molecule has 1 saturated heterocycles. The lowest BCUT2D eigenvalue weighted by Crippen LogP contribution is -2.28. The summed E-state index contributed by atoms with van der Waals surface area (Å²) in [6.07, 6.45) is 2.68. The highest BCUT2D eigenvalue weighted by molar-refractivity contribution is 5.32. The normalized spacial score (nSPS) is 22.0. The highest BCUT2D eigenvalue weighted by atomic mass is 16.5. The number of benzene rings is 1. The molecule has 88 valence electrons. The largest absolute Gasteiger partial charge is 0.490 e. The van der Waals surface area contributed by atoms with Gasteiger partial charge in [-0.3, -0.25) is 0 Å². The molecule has 1 fully saturated rings. The lowest BCUT2D eigenvalue weighted by molar-refractivity contribution is 0.137. The molecule has 0 bridgehead atoms. The quantitative estimate of drug-likeness (QED) is 0.840. The Balaban J connectivity index is 2.03. The zero-order valence-corrected chi connectivity index (χ0v) is 10.2. The molecule has 0 saturated carbocycles. The van der Waals surface area contributed by atoms with Crippen molar-refractivity contribution in [1.82, 2.24) is 5.32 Å². The van der Waals surface area contributed by atoms with Crippen molar-refractivity contribution in [2.24, 2.45) is 5.92 Å². The minimum Gasteiger partial charge on any atom is -0.490 e. The van der Waals surface area contributed by atoms with E-state index in [1.165, 1.54) is 12.0 Å². The Labute approximate surface area is 98.0 Å². The van der Waals surface area contributed by atoms with Crippen molar-refractivity contribution in [1.29, 1.82) is 0 Å².